The number of ether oxygens (including phenoxy) is 2. The summed E-state index contributed by atoms with van der Waals surface area (Å²) in [6.07, 6.45) is 0.821. The van der Waals surface area contributed by atoms with E-state index in [1.54, 1.807) is 4.90 Å². The molecule has 2 heterocycles. The lowest BCUT2D eigenvalue weighted by Crippen LogP contribution is -2.31. The molecule has 0 spiro atoms. The van der Waals surface area contributed by atoms with Gasteiger partial charge in [0.25, 0.3) is 5.91 Å². The zero-order valence-corrected chi connectivity index (χ0v) is 17.9. The predicted molar refractivity (Wildman–Crippen MR) is 116 cm³/mol. The fourth-order valence-corrected chi connectivity index (χ4v) is 4.34. The molecule has 0 fully saturated rings. The minimum Gasteiger partial charge on any atom is -0.483 e. The topological polar surface area (TPSA) is 51.7 Å². The van der Waals surface area contributed by atoms with Crippen molar-refractivity contribution in [1.82, 2.24) is 4.98 Å². The Morgan fingerprint density at radius 3 is 2.72 bits per heavy atom. The normalized spacial score (nSPS) is 14.2. The average molecular weight is 409 g/mol. The number of para-hydroxylation sites is 2. The smallest absolute Gasteiger partial charge is 0.271 e. The van der Waals surface area contributed by atoms with Gasteiger partial charge in [-0.2, -0.15) is 0 Å². The van der Waals surface area contributed by atoms with E-state index in [1.807, 2.05) is 75.5 Å². The standard InChI is InChI=1S/C23H24N2O3S/c1-15-8-5-6-10-18(15)25(22-24-16(2)14-29-22)20(26)13-27-19-11-7-9-17-12-23(3,4)28-21(17)19/h5-11,14H,12-13H2,1-4H3. The Balaban J connectivity index is 1.59. The van der Waals surface area contributed by atoms with Crippen molar-refractivity contribution in [2.24, 2.45) is 0 Å². The molecule has 4 rings (SSSR count). The number of hydrogen-bond donors (Lipinski definition) is 0. The maximum atomic E-state index is 13.2. The fraction of sp³-hybridized carbons (Fsp3) is 0.304. The Hall–Kier alpha value is -2.86. The van der Waals surface area contributed by atoms with Gasteiger partial charge in [-0.15, -0.1) is 11.3 Å². The van der Waals surface area contributed by atoms with Gasteiger partial charge in [-0.05, 0) is 45.4 Å². The number of aromatic nitrogens is 1. The van der Waals surface area contributed by atoms with Gasteiger partial charge < -0.3 is 9.47 Å². The molecule has 0 bridgehead atoms. The second kappa shape index (κ2) is 7.52. The van der Waals surface area contributed by atoms with E-state index in [-0.39, 0.29) is 18.1 Å². The molecular weight excluding hydrogens is 384 g/mol. The highest BCUT2D eigenvalue weighted by Crippen LogP contribution is 2.42. The maximum Gasteiger partial charge on any atom is 0.271 e. The van der Waals surface area contributed by atoms with Crippen LogP contribution < -0.4 is 14.4 Å². The summed E-state index contributed by atoms with van der Waals surface area (Å²) < 4.78 is 12.0. The van der Waals surface area contributed by atoms with Gasteiger partial charge in [0.1, 0.15) is 5.60 Å². The first-order valence-electron chi connectivity index (χ1n) is 9.58. The summed E-state index contributed by atoms with van der Waals surface area (Å²) in [4.78, 5) is 19.4. The Kier molecular flexibility index (Phi) is 5.04. The quantitative estimate of drug-likeness (QED) is 0.581. The van der Waals surface area contributed by atoms with Crippen LogP contribution in [0.15, 0.2) is 47.8 Å². The molecule has 0 unspecified atom stereocenters. The summed E-state index contributed by atoms with van der Waals surface area (Å²) in [5.74, 6) is 1.16. The van der Waals surface area contributed by atoms with Crippen LogP contribution in [0.2, 0.25) is 0 Å². The lowest BCUT2D eigenvalue weighted by atomic mass is 10.0. The number of carbonyl (C=O) groups is 1. The first-order valence-corrected chi connectivity index (χ1v) is 10.5. The van der Waals surface area contributed by atoms with Gasteiger partial charge in [0.05, 0.1) is 11.4 Å². The SMILES string of the molecule is Cc1csc(N(C(=O)COc2cccc3c2OC(C)(C)C3)c2ccccc2C)n1. The van der Waals surface area contributed by atoms with Crippen LogP contribution in [-0.2, 0) is 11.2 Å². The number of nitrogens with zero attached hydrogens (tertiary/aromatic N) is 2. The Bertz CT molecular complexity index is 1060. The summed E-state index contributed by atoms with van der Waals surface area (Å²) >= 11 is 1.44. The Morgan fingerprint density at radius 1 is 1.21 bits per heavy atom. The molecule has 0 aliphatic carbocycles. The van der Waals surface area contributed by atoms with E-state index in [2.05, 4.69) is 4.98 Å². The summed E-state index contributed by atoms with van der Waals surface area (Å²) in [6, 6.07) is 13.6. The maximum absolute atomic E-state index is 13.2. The van der Waals surface area contributed by atoms with Crippen molar-refractivity contribution in [3.63, 3.8) is 0 Å². The number of thiazole rings is 1. The van der Waals surface area contributed by atoms with Crippen molar-refractivity contribution in [3.05, 3.63) is 64.7 Å². The Morgan fingerprint density at radius 2 is 2.00 bits per heavy atom. The molecule has 3 aromatic rings. The van der Waals surface area contributed by atoms with Crippen LogP contribution in [0.4, 0.5) is 10.8 Å². The number of anilines is 2. The average Bonchev–Trinajstić information content (AvgIpc) is 3.23. The molecule has 0 saturated carbocycles. The molecule has 0 radical (unpaired) electrons. The monoisotopic (exact) mass is 408 g/mol. The van der Waals surface area contributed by atoms with Crippen molar-refractivity contribution in [2.75, 3.05) is 11.5 Å². The zero-order chi connectivity index (χ0) is 20.6. The van der Waals surface area contributed by atoms with Gasteiger partial charge in [-0.25, -0.2) is 4.98 Å². The number of fused-ring (bicyclic) bond motifs is 1. The molecule has 29 heavy (non-hydrogen) atoms. The van der Waals surface area contributed by atoms with Gasteiger partial charge in [0.2, 0.25) is 0 Å². The van der Waals surface area contributed by atoms with Crippen molar-refractivity contribution >= 4 is 28.1 Å². The van der Waals surface area contributed by atoms with Crippen LogP contribution in [0.1, 0.15) is 30.7 Å². The number of hydrogen-bond acceptors (Lipinski definition) is 5. The van der Waals surface area contributed by atoms with E-state index in [0.717, 1.165) is 34.7 Å². The largest absolute Gasteiger partial charge is 0.483 e. The van der Waals surface area contributed by atoms with Crippen LogP contribution in [-0.4, -0.2) is 23.1 Å². The number of benzene rings is 2. The van der Waals surface area contributed by atoms with Crippen molar-refractivity contribution in [3.8, 4) is 11.5 Å². The highest BCUT2D eigenvalue weighted by atomic mass is 32.1. The van der Waals surface area contributed by atoms with Crippen LogP contribution in [0, 0.1) is 13.8 Å². The number of rotatable bonds is 5. The van der Waals surface area contributed by atoms with Gasteiger partial charge in [0, 0.05) is 17.4 Å². The van der Waals surface area contributed by atoms with E-state index < -0.39 is 0 Å². The van der Waals surface area contributed by atoms with E-state index in [4.69, 9.17) is 9.47 Å². The lowest BCUT2D eigenvalue weighted by molar-refractivity contribution is -0.119. The molecule has 1 amide bonds. The molecule has 6 heteroatoms. The second-order valence-corrected chi connectivity index (χ2v) is 8.70. The van der Waals surface area contributed by atoms with E-state index in [0.29, 0.717) is 10.9 Å². The van der Waals surface area contributed by atoms with E-state index in [1.165, 1.54) is 11.3 Å². The predicted octanol–water partition coefficient (Wildman–Crippen LogP) is 5.22. The number of amides is 1. The summed E-state index contributed by atoms with van der Waals surface area (Å²) in [6.45, 7) is 7.90. The van der Waals surface area contributed by atoms with Crippen molar-refractivity contribution < 1.29 is 14.3 Å². The van der Waals surface area contributed by atoms with Gasteiger partial charge in [-0.3, -0.25) is 9.69 Å². The van der Waals surface area contributed by atoms with Crippen LogP contribution in [0.25, 0.3) is 0 Å². The Labute approximate surface area is 174 Å². The van der Waals surface area contributed by atoms with Crippen molar-refractivity contribution in [1.29, 1.82) is 0 Å². The molecule has 0 N–H and O–H groups in total. The molecule has 5 nitrogen and oxygen atoms in total. The minimum atomic E-state index is -0.266. The third-order valence-corrected chi connectivity index (χ3v) is 5.75. The van der Waals surface area contributed by atoms with E-state index >= 15 is 0 Å². The minimum absolute atomic E-state index is 0.104. The molecular formula is C23H24N2O3S. The van der Waals surface area contributed by atoms with Gasteiger partial charge >= 0.3 is 0 Å². The molecule has 1 aliphatic rings. The number of carbonyl (C=O) groups excluding carboxylic acids is 1. The molecule has 1 aliphatic heterocycles. The van der Waals surface area contributed by atoms with Gasteiger partial charge in [-0.1, -0.05) is 30.3 Å². The van der Waals surface area contributed by atoms with Crippen molar-refractivity contribution in [2.45, 2.75) is 39.7 Å². The fourth-order valence-electron chi connectivity index (χ4n) is 3.51. The zero-order valence-electron chi connectivity index (χ0n) is 17.1. The van der Waals surface area contributed by atoms with Gasteiger partial charge in [0.15, 0.2) is 23.2 Å². The second-order valence-electron chi connectivity index (χ2n) is 7.86. The third-order valence-electron chi connectivity index (χ3n) is 4.81. The summed E-state index contributed by atoms with van der Waals surface area (Å²) in [5.41, 5.74) is 3.53. The molecule has 0 atom stereocenters. The first kappa shape index (κ1) is 19.5. The highest BCUT2D eigenvalue weighted by Gasteiger charge is 2.32. The van der Waals surface area contributed by atoms with Crippen LogP contribution in [0.5, 0.6) is 11.5 Å². The third kappa shape index (κ3) is 3.98. The summed E-state index contributed by atoms with van der Waals surface area (Å²) in [5, 5.41) is 2.58. The molecule has 0 saturated heterocycles. The summed E-state index contributed by atoms with van der Waals surface area (Å²) in [7, 11) is 0. The van der Waals surface area contributed by atoms with E-state index in [9.17, 15) is 4.79 Å². The molecule has 150 valence electrons. The molecule has 2 aromatic carbocycles. The highest BCUT2D eigenvalue weighted by molar-refractivity contribution is 7.14. The number of aryl methyl sites for hydroxylation is 2. The first-order chi connectivity index (χ1) is 13.8. The van der Waals surface area contributed by atoms with Crippen LogP contribution >= 0.6 is 11.3 Å². The molecule has 1 aromatic heterocycles. The van der Waals surface area contributed by atoms with Crippen LogP contribution in [0.3, 0.4) is 0 Å². The lowest BCUT2D eigenvalue weighted by Gasteiger charge is -2.22.